The molecule has 4 aromatic rings. The van der Waals surface area contributed by atoms with Crippen molar-refractivity contribution in [1.29, 1.82) is 0 Å². The van der Waals surface area contributed by atoms with E-state index in [1.165, 1.54) is 31.0 Å². The smallest absolute Gasteiger partial charge is 0.411 e. The minimum Gasteiger partial charge on any atom is -0.450 e. The summed E-state index contributed by atoms with van der Waals surface area (Å²) in [6.45, 7) is 4.76. The van der Waals surface area contributed by atoms with Crippen LogP contribution in [0, 0.1) is 0 Å². The number of aromatic nitrogens is 3. The van der Waals surface area contributed by atoms with E-state index >= 15 is 0 Å². The Labute approximate surface area is 240 Å². The number of para-hydroxylation sites is 1. The van der Waals surface area contributed by atoms with Crippen molar-refractivity contribution in [3.63, 3.8) is 0 Å². The van der Waals surface area contributed by atoms with E-state index in [2.05, 4.69) is 29.2 Å². The van der Waals surface area contributed by atoms with Gasteiger partial charge in [-0.2, -0.15) is 4.98 Å². The number of hydrogen-bond donors (Lipinski definition) is 0. The molecule has 1 atom stereocenters. The molecule has 2 saturated heterocycles. The van der Waals surface area contributed by atoms with Crippen molar-refractivity contribution in [2.45, 2.75) is 51.6 Å². The molecular formula is C32H36N6O3. The van der Waals surface area contributed by atoms with Gasteiger partial charge in [-0.15, -0.1) is 0 Å². The van der Waals surface area contributed by atoms with Crippen LogP contribution in [0.5, 0.6) is 0 Å². The molecular weight excluding hydrogens is 516 g/mol. The second-order valence-corrected chi connectivity index (χ2v) is 10.6. The lowest BCUT2D eigenvalue weighted by Crippen LogP contribution is -2.44. The van der Waals surface area contributed by atoms with Gasteiger partial charge in [-0.3, -0.25) is 19.2 Å². The third-order valence-corrected chi connectivity index (χ3v) is 7.97. The monoisotopic (exact) mass is 552 g/mol. The zero-order chi connectivity index (χ0) is 28.2. The molecule has 0 radical (unpaired) electrons. The second kappa shape index (κ2) is 12.0. The van der Waals surface area contributed by atoms with Crippen molar-refractivity contribution < 1.29 is 9.53 Å². The minimum absolute atomic E-state index is 0.208. The molecule has 0 bridgehead atoms. The summed E-state index contributed by atoms with van der Waals surface area (Å²) in [6, 6.07) is 21.8. The molecule has 1 amide bonds. The van der Waals surface area contributed by atoms with Gasteiger partial charge >= 0.3 is 6.09 Å². The highest BCUT2D eigenvalue weighted by Crippen LogP contribution is 2.35. The van der Waals surface area contributed by atoms with Crippen LogP contribution in [0.25, 0.3) is 11.0 Å². The zero-order valence-corrected chi connectivity index (χ0v) is 23.5. The fraction of sp³-hybridized carbons (Fsp3) is 0.375. The van der Waals surface area contributed by atoms with Gasteiger partial charge in [0.25, 0.3) is 5.56 Å². The van der Waals surface area contributed by atoms with E-state index in [0.29, 0.717) is 24.6 Å². The van der Waals surface area contributed by atoms with Crippen LogP contribution >= 0.6 is 0 Å². The molecule has 6 rings (SSSR count). The van der Waals surface area contributed by atoms with Crippen LogP contribution in [0.15, 0.2) is 77.7 Å². The average Bonchev–Trinajstić information content (AvgIpc) is 3.02. The lowest BCUT2D eigenvalue weighted by molar-refractivity contribution is 0.0556. The molecule has 2 aromatic heterocycles. The number of fused-ring (bicyclic) bond motifs is 1. The Morgan fingerprint density at radius 1 is 0.902 bits per heavy atom. The molecule has 2 aliphatic heterocycles. The van der Waals surface area contributed by atoms with Gasteiger partial charge in [0.1, 0.15) is 11.8 Å². The predicted molar refractivity (Wildman–Crippen MR) is 161 cm³/mol. The van der Waals surface area contributed by atoms with E-state index in [1.807, 2.05) is 35.2 Å². The first kappa shape index (κ1) is 26.8. The van der Waals surface area contributed by atoms with Crippen molar-refractivity contribution in [2.24, 2.45) is 0 Å². The van der Waals surface area contributed by atoms with E-state index in [4.69, 9.17) is 14.7 Å². The maximum absolute atomic E-state index is 13.4. The van der Waals surface area contributed by atoms with Gasteiger partial charge in [0.15, 0.2) is 0 Å². The molecule has 2 aromatic carbocycles. The Bertz CT molecular complexity index is 1550. The summed E-state index contributed by atoms with van der Waals surface area (Å²) in [6.07, 6.45) is 7.02. The SMILES string of the molecule is CCOC(=O)N1CCCCC1n1c(=O)ccc2cnc(N(c3ccccc3)c3ccc(N4CCCCC4)cc3)nc21. The van der Waals surface area contributed by atoms with Crippen LogP contribution < -0.4 is 15.4 Å². The van der Waals surface area contributed by atoms with Gasteiger partial charge < -0.3 is 9.64 Å². The standard InChI is InChI=1S/C32H36N6O3/c1-2-41-32(40)36-22-10-7-13-28(36)38-29(39)19-14-24-23-33-31(34-30(24)38)37(26-11-5-3-6-12-26)27-17-15-25(16-18-27)35-20-8-4-9-21-35/h3,5-6,11-12,14-19,23,28H,2,4,7-10,13,20-22H2,1H3. The Kier molecular flexibility index (Phi) is 7.84. The van der Waals surface area contributed by atoms with Crippen LogP contribution in [-0.2, 0) is 4.74 Å². The number of ether oxygens (including phenoxy) is 1. The summed E-state index contributed by atoms with van der Waals surface area (Å²) in [7, 11) is 0. The maximum atomic E-state index is 13.4. The molecule has 0 N–H and O–H groups in total. The molecule has 4 heterocycles. The van der Waals surface area contributed by atoms with Gasteiger partial charge in [-0.25, -0.2) is 9.78 Å². The lowest BCUT2D eigenvalue weighted by Gasteiger charge is -2.36. The minimum atomic E-state index is -0.476. The molecule has 2 aliphatic rings. The number of piperidine rings is 2. The first-order valence-electron chi connectivity index (χ1n) is 14.7. The van der Waals surface area contributed by atoms with Crippen molar-refractivity contribution in [3.8, 4) is 0 Å². The molecule has 9 nitrogen and oxygen atoms in total. The number of pyridine rings is 1. The van der Waals surface area contributed by atoms with E-state index in [0.717, 1.165) is 42.7 Å². The topological polar surface area (TPSA) is 83.8 Å². The first-order chi connectivity index (χ1) is 20.1. The highest BCUT2D eigenvalue weighted by atomic mass is 16.6. The lowest BCUT2D eigenvalue weighted by atomic mass is 10.1. The summed E-state index contributed by atoms with van der Waals surface area (Å²) < 4.78 is 6.98. The van der Waals surface area contributed by atoms with Crippen molar-refractivity contribution in [2.75, 3.05) is 36.0 Å². The van der Waals surface area contributed by atoms with E-state index in [9.17, 15) is 9.59 Å². The molecule has 0 aliphatic carbocycles. The van der Waals surface area contributed by atoms with Crippen LogP contribution in [0.2, 0.25) is 0 Å². The van der Waals surface area contributed by atoms with Crippen LogP contribution in [0.4, 0.5) is 27.8 Å². The highest BCUT2D eigenvalue weighted by Gasteiger charge is 2.31. The third kappa shape index (κ3) is 5.49. The molecule has 2 fully saturated rings. The number of benzene rings is 2. The second-order valence-electron chi connectivity index (χ2n) is 10.6. The van der Waals surface area contributed by atoms with Gasteiger partial charge in [-0.05, 0) is 87.9 Å². The fourth-order valence-electron chi connectivity index (χ4n) is 5.95. The molecule has 1 unspecified atom stereocenters. The maximum Gasteiger partial charge on any atom is 0.411 e. The zero-order valence-electron chi connectivity index (χ0n) is 23.5. The summed E-state index contributed by atoms with van der Waals surface area (Å²) in [5.74, 6) is 0.451. The normalized spacial score (nSPS) is 17.4. The Morgan fingerprint density at radius 2 is 1.63 bits per heavy atom. The van der Waals surface area contributed by atoms with Gasteiger partial charge in [-0.1, -0.05) is 18.2 Å². The number of amides is 1. The number of likely N-dealkylation sites (tertiary alicyclic amines) is 1. The molecule has 0 spiro atoms. The predicted octanol–water partition coefficient (Wildman–Crippen LogP) is 6.39. The number of anilines is 4. The summed E-state index contributed by atoms with van der Waals surface area (Å²) in [4.78, 5) is 42.1. The number of nitrogens with zero attached hydrogens (tertiary/aromatic N) is 6. The molecule has 9 heteroatoms. The Balaban J connectivity index is 1.44. The van der Waals surface area contributed by atoms with E-state index in [-0.39, 0.29) is 12.2 Å². The number of carbonyl (C=O) groups is 1. The summed E-state index contributed by atoms with van der Waals surface area (Å²) >= 11 is 0. The first-order valence-corrected chi connectivity index (χ1v) is 14.7. The molecule has 41 heavy (non-hydrogen) atoms. The van der Waals surface area contributed by atoms with Crippen LogP contribution in [0.1, 0.15) is 51.6 Å². The Morgan fingerprint density at radius 3 is 2.39 bits per heavy atom. The number of hydrogen-bond acceptors (Lipinski definition) is 7. The van der Waals surface area contributed by atoms with Crippen molar-refractivity contribution >= 4 is 40.1 Å². The van der Waals surface area contributed by atoms with E-state index < -0.39 is 12.3 Å². The quantitative estimate of drug-likeness (QED) is 0.274. The Hall–Kier alpha value is -4.40. The van der Waals surface area contributed by atoms with Crippen LogP contribution in [-0.4, -0.2) is 51.8 Å². The molecule has 0 saturated carbocycles. The number of rotatable bonds is 6. The van der Waals surface area contributed by atoms with Crippen molar-refractivity contribution in [1.82, 2.24) is 19.4 Å². The third-order valence-electron chi connectivity index (χ3n) is 7.97. The van der Waals surface area contributed by atoms with Gasteiger partial charge in [0, 0.05) is 54.3 Å². The number of carbonyl (C=O) groups excluding carboxylic acids is 1. The van der Waals surface area contributed by atoms with E-state index in [1.54, 1.807) is 28.7 Å². The largest absolute Gasteiger partial charge is 0.450 e. The van der Waals surface area contributed by atoms with Crippen molar-refractivity contribution in [3.05, 3.63) is 83.3 Å². The van der Waals surface area contributed by atoms with Gasteiger partial charge in [0.2, 0.25) is 5.95 Å². The summed E-state index contributed by atoms with van der Waals surface area (Å²) in [5, 5.41) is 0.733. The highest BCUT2D eigenvalue weighted by molar-refractivity contribution is 5.80. The molecule has 212 valence electrons. The van der Waals surface area contributed by atoms with Gasteiger partial charge in [0.05, 0.1) is 6.61 Å². The summed E-state index contributed by atoms with van der Waals surface area (Å²) in [5.41, 5.74) is 3.33. The fourth-order valence-corrected chi connectivity index (χ4v) is 5.95. The van der Waals surface area contributed by atoms with Crippen LogP contribution in [0.3, 0.4) is 0 Å². The average molecular weight is 553 g/mol.